The third-order valence-electron chi connectivity index (χ3n) is 5.33. The molecule has 0 unspecified atom stereocenters. The first-order chi connectivity index (χ1) is 15.4. The van der Waals surface area contributed by atoms with Gasteiger partial charge in [0.15, 0.2) is 0 Å². The number of rotatable bonds is 7. The highest BCUT2D eigenvalue weighted by Crippen LogP contribution is 2.30. The van der Waals surface area contributed by atoms with Gasteiger partial charge in [-0.05, 0) is 48.2 Å². The Hall–Kier alpha value is -2.82. The lowest BCUT2D eigenvalue weighted by Gasteiger charge is -2.34. The number of benzene rings is 2. The van der Waals surface area contributed by atoms with E-state index in [1.54, 1.807) is 12.1 Å². The van der Waals surface area contributed by atoms with Crippen molar-refractivity contribution in [2.45, 2.75) is 43.7 Å². The van der Waals surface area contributed by atoms with E-state index < -0.39 is 22.0 Å². The van der Waals surface area contributed by atoms with Crippen LogP contribution in [0.4, 0.5) is 5.13 Å². The number of methoxy groups -OCH3 is 1. The minimum atomic E-state index is -3.94. The number of nitrogens with zero attached hydrogens (tertiary/aromatic N) is 3. The quantitative estimate of drug-likeness (QED) is 0.566. The lowest BCUT2D eigenvalue weighted by Crippen LogP contribution is -2.50. The van der Waals surface area contributed by atoms with Crippen LogP contribution in [0.15, 0.2) is 53.4 Å². The van der Waals surface area contributed by atoms with Crippen molar-refractivity contribution in [1.29, 1.82) is 0 Å². The molecule has 0 bridgehead atoms. The zero-order valence-electron chi connectivity index (χ0n) is 17.8. The second-order valence-corrected chi connectivity index (χ2v) is 10.4. The molecular weight excluding hydrogens is 448 g/mol. The van der Waals surface area contributed by atoms with E-state index in [-0.39, 0.29) is 17.9 Å². The van der Waals surface area contributed by atoms with Crippen LogP contribution in [0.5, 0.6) is 5.75 Å². The Labute approximate surface area is 191 Å². The topological polar surface area (TPSA) is 101 Å². The number of fused-ring (bicyclic) bond motifs is 1. The van der Waals surface area contributed by atoms with Crippen LogP contribution in [0.25, 0.3) is 0 Å². The van der Waals surface area contributed by atoms with Crippen molar-refractivity contribution < 1.29 is 17.9 Å². The van der Waals surface area contributed by atoms with Crippen LogP contribution in [-0.2, 0) is 34.2 Å². The van der Waals surface area contributed by atoms with Gasteiger partial charge in [-0.1, -0.05) is 42.5 Å². The molecule has 4 rings (SSSR count). The molecule has 0 radical (unpaired) electrons. The molecule has 0 spiro atoms. The highest BCUT2D eigenvalue weighted by Gasteiger charge is 2.39. The number of ether oxygens (including phenoxy) is 1. The van der Waals surface area contributed by atoms with Gasteiger partial charge in [0.2, 0.25) is 21.1 Å². The molecule has 3 aromatic rings. The van der Waals surface area contributed by atoms with Gasteiger partial charge in [-0.25, -0.2) is 8.42 Å². The average molecular weight is 473 g/mol. The van der Waals surface area contributed by atoms with E-state index in [9.17, 15) is 13.2 Å². The molecular formula is C22H24N4O4S2. The summed E-state index contributed by atoms with van der Waals surface area (Å²) in [5.74, 6) is 0.136. The Morgan fingerprint density at radius 3 is 2.56 bits per heavy atom. The number of anilines is 1. The zero-order valence-corrected chi connectivity index (χ0v) is 19.4. The van der Waals surface area contributed by atoms with Gasteiger partial charge < -0.3 is 4.74 Å². The van der Waals surface area contributed by atoms with Crippen molar-refractivity contribution in [1.82, 2.24) is 14.5 Å². The third kappa shape index (κ3) is 4.52. The maximum Gasteiger partial charge on any atom is 0.245 e. The number of hydrogen-bond donors (Lipinski definition) is 1. The third-order valence-corrected chi connectivity index (χ3v) is 8.10. The van der Waals surface area contributed by atoms with Crippen molar-refractivity contribution in [3.8, 4) is 5.75 Å². The summed E-state index contributed by atoms with van der Waals surface area (Å²) in [4.78, 5) is 13.3. The Bertz CT molecular complexity index is 1210. The monoisotopic (exact) mass is 472 g/mol. The van der Waals surface area contributed by atoms with Crippen molar-refractivity contribution >= 4 is 32.4 Å². The second-order valence-electron chi connectivity index (χ2n) is 7.45. The zero-order chi connectivity index (χ0) is 22.7. The van der Waals surface area contributed by atoms with Gasteiger partial charge in [0.25, 0.3) is 0 Å². The van der Waals surface area contributed by atoms with Crippen LogP contribution in [0.2, 0.25) is 0 Å². The number of amides is 1. The largest absolute Gasteiger partial charge is 0.497 e. The molecule has 1 amide bonds. The Balaban J connectivity index is 1.66. The fraction of sp³-hybridized carbons (Fsp3) is 0.318. The van der Waals surface area contributed by atoms with E-state index >= 15 is 0 Å². The number of carbonyl (C=O) groups excluding carboxylic acids is 1. The summed E-state index contributed by atoms with van der Waals surface area (Å²) in [5.41, 5.74) is 1.84. The lowest BCUT2D eigenvalue weighted by molar-refractivity contribution is -0.120. The molecule has 0 saturated carbocycles. The molecule has 0 aliphatic carbocycles. The number of hydrogen-bond acceptors (Lipinski definition) is 7. The van der Waals surface area contributed by atoms with Crippen LogP contribution >= 0.6 is 11.3 Å². The van der Waals surface area contributed by atoms with Gasteiger partial charge in [-0.15, -0.1) is 10.2 Å². The Kier molecular flexibility index (Phi) is 6.54. The van der Waals surface area contributed by atoms with E-state index in [2.05, 4.69) is 15.5 Å². The van der Waals surface area contributed by atoms with Crippen LogP contribution < -0.4 is 10.1 Å². The Morgan fingerprint density at radius 2 is 1.88 bits per heavy atom. The first-order valence-corrected chi connectivity index (χ1v) is 12.5. The second kappa shape index (κ2) is 9.35. The first kappa shape index (κ1) is 22.4. The lowest BCUT2D eigenvalue weighted by atomic mass is 9.95. The van der Waals surface area contributed by atoms with Gasteiger partial charge in [-0.2, -0.15) is 4.31 Å². The van der Waals surface area contributed by atoms with E-state index in [0.717, 1.165) is 29.0 Å². The van der Waals surface area contributed by atoms with Crippen LogP contribution in [0.3, 0.4) is 0 Å². The molecule has 10 heteroatoms. The predicted molar refractivity (Wildman–Crippen MR) is 122 cm³/mol. The molecule has 32 heavy (non-hydrogen) atoms. The van der Waals surface area contributed by atoms with Gasteiger partial charge in [0, 0.05) is 13.0 Å². The minimum absolute atomic E-state index is 0.108. The van der Waals surface area contributed by atoms with Gasteiger partial charge >= 0.3 is 0 Å². The number of nitrogens with one attached hydrogen (secondary N) is 1. The number of aromatic nitrogens is 2. The first-order valence-electron chi connectivity index (χ1n) is 10.3. The van der Waals surface area contributed by atoms with Crippen molar-refractivity contribution in [3.63, 3.8) is 0 Å². The SMILES string of the molecule is CCCc1nnc(NC(=O)[C@@H]2Cc3ccccc3CN2S(=O)(=O)c2ccc(OC)cc2)s1. The van der Waals surface area contributed by atoms with Gasteiger partial charge in [0.05, 0.1) is 12.0 Å². The molecule has 1 N–H and O–H groups in total. The summed E-state index contributed by atoms with van der Waals surface area (Å²) in [7, 11) is -2.42. The summed E-state index contributed by atoms with van der Waals surface area (Å²) in [6, 6.07) is 12.8. The van der Waals surface area contributed by atoms with Crippen molar-refractivity contribution in [2.75, 3.05) is 12.4 Å². The van der Waals surface area contributed by atoms with E-state index in [0.29, 0.717) is 10.9 Å². The fourth-order valence-electron chi connectivity index (χ4n) is 3.67. The van der Waals surface area contributed by atoms with Crippen molar-refractivity contribution in [3.05, 3.63) is 64.7 Å². The molecule has 1 aliphatic heterocycles. The van der Waals surface area contributed by atoms with Crippen molar-refractivity contribution in [2.24, 2.45) is 0 Å². The summed E-state index contributed by atoms with van der Waals surface area (Å²) in [6.07, 6.45) is 1.98. The number of aryl methyl sites for hydroxylation is 1. The molecule has 0 saturated heterocycles. The molecule has 1 atom stereocenters. The molecule has 168 valence electrons. The molecule has 1 aliphatic rings. The molecule has 0 fully saturated rings. The van der Waals surface area contributed by atoms with Crippen LogP contribution in [-0.4, -0.2) is 42.0 Å². The summed E-state index contributed by atoms with van der Waals surface area (Å²) in [5, 5.41) is 12.1. The maximum absolute atomic E-state index is 13.5. The number of carbonyl (C=O) groups is 1. The summed E-state index contributed by atoms with van der Waals surface area (Å²) >= 11 is 1.31. The molecule has 1 aromatic heterocycles. The smallest absolute Gasteiger partial charge is 0.245 e. The maximum atomic E-state index is 13.5. The minimum Gasteiger partial charge on any atom is -0.497 e. The summed E-state index contributed by atoms with van der Waals surface area (Å²) < 4.78 is 33.5. The van der Waals surface area contributed by atoms with Crippen LogP contribution in [0, 0.1) is 0 Å². The highest BCUT2D eigenvalue weighted by molar-refractivity contribution is 7.89. The van der Waals surface area contributed by atoms with Crippen LogP contribution in [0.1, 0.15) is 29.5 Å². The van der Waals surface area contributed by atoms with Gasteiger partial charge in [0.1, 0.15) is 16.8 Å². The fourth-order valence-corrected chi connectivity index (χ4v) is 6.08. The predicted octanol–water partition coefficient (Wildman–Crippen LogP) is 3.25. The highest BCUT2D eigenvalue weighted by atomic mass is 32.2. The van der Waals surface area contributed by atoms with E-state index in [4.69, 9.17) is 4.74 Å². The molecule has 2 heterocycles. The normalized spacial score (nSPS) is 16.4. The summed E-state index contributed by atoms with van der Waals surface area (Å²) in [6.45, 7) is 2.15. The van der Waals surface area contributed by atoms with Gasteiger partial charge in [-0.3, -0.25) is 10.1 Å². The number of sulfonamides is 1. The Morgan fingerprint density at radius 1 is 1.16 bits per heavy atom. The average Bonchev–Trinajstić information content (AvgIpc) is 3.25. The molecule has 8 nitrogen and oxygen atoms in total. The molecule has 2 aromatic carbocycles. The standard InChI is InChI=1S/C22H24N4O4S2/c1-3-6-20-24-25-22(31-20)23-21(27)19-13-15-7-4-5-8-16(15)14-26(19)32(28,29)18-11-9-17(30-2)10-12-18/h4-5,7-12,19H,3,6,13-14H2,1-2H3,(H,23,25,27)/t19-/m0/s1. The van der Waals surface area contributed by atoms with E-state index in [1.807, 2.05) is 31.2 Å². The van der Waals surface area contributed by atoms with E-state index in [1.165, 1.54) is 34.9 Å².